The summed E-state index contributed by atoms with van der Waals surface area (Å²) in [5, 5.41) is 148. The molecule has 0 bridgehead atoms. The first-order valence-corrected chi connectivity index (χ1v) is 19.8. The van der Waals surface area contributed by atoms with E-state index in [1.807, 2.05) is 0 Å². The first kappa shape index (κ1) is 47.1. The summed E-state index contributed by atoms with van der Waals surface area (Å²) in [6, 6.07) is 6.95. The van der Waals surface area contributed by atoms with Crippen LogP contribution in [0, 0.1) is 0 Å². The van der Waals surface area contributed by atoms with E-state index in [0.29, 0.717) is 0 Å². The van der Waals surface area contributed by atoms with Gasteiger partial charge in [0.15, 0.2) is 30.7 Å². The van der Waals surface area contributed by atoms with Crippen molar-refractivity contribution in [2.45, 2.75) is 137 Å². The van der Waals surface area contributed by atoms with Crippen LogP contribution in [0.3, 0.4) is 0 Å². The summed E-state index contributed by atoms with van der Waals surface area (Å²) < 4.78 is 52.5. The van der Waals surface area contributed by atoms with E-state index in [2.05, 4.69) is 0 Å². The molecule has 4 saturated heterocycles. The van der Waals surface area contributed by atoms with E-state index in [-0.39, 0.29) is 22.7 Å². The Morgan fingerprint density at radius 2 is 1.11 bits per heavy atom. The van der Waals surface area contributed by atoms with Crippen molar-refractivity contribution in [3.05, 3.63) is 46.6 Å². The minimum atomic E-state index is -2.13. The summed E-state index contributed by atoms with van der Waals surface area (Å²) in [6.45, 7) is 0.996. The maximum Gasteiger partial charge on any atom is 0.239 e. The van der Waals surface area contributed by atoms with Gasteiger partial charge in [0.1, 0.15) is 108 Å². The van der Waals surface area contributed by atoms with Crippen molar-refractivity contribution in [2.75, 3.05) is 13.2 Å². The Bertz CT molecular complexity index is 2090. The number of aliphatic hydroxyl groups excluding tert-OH is 11. The number of fused-ring (bicyclic) bond motifs is 1. The summed E-state index contributed by atoms with van der Waals surface area (Å²) in [5.41, 5.74) is -1.34. The molecule has 0 saturated carbocycles. The van der Waals surface area contributed by atoms with Gasteiger partial charge in [-0.25, -0.2) is 0 Å². The number of aromatic hydroxyl groups is 3. The van der Waals surface area contributed by atoms with Gasteiger partial charge >= 0.3 is 0 Å². The van der Waals surface area contributed by atoms with Crippen LogP contribution in [0.4, 0.5) is 0 Å². The molecule has 63 heavy (non-hydrogen) atoms. The monoisotopic (exact) mass is 902 g/mol. The third kappa shape index (κ3) is 9.19. The molecule has 24 nitrogen and oxygen atoms in total. The number of hydrogen-bond donors (Lipinski definition) is 14. The molecular formula is C39H50O24. The van der Waals surface area contributed by atoms with E-state index in [1.54, 1.807) is 0 Å². The second kappa shape index (κ2) is 18.9. The molecule has 4 aliphatic rings. The highest BCUT2D eigenvalue weighted by molar-refractivity contribution is 5.88. The van der Waals surface area contributed by atoms with Crippen molar-refractivity contribution in [2.24, 2.45) is 0 Å². The Kier molecular flexibility index (Phi) is 14.1. The number of benzene rings is 2. The van der Waals surface area contributed by atoms with E-state index in [0.717, 1.165) is 12.1 Å². The molecule has 14 N–H and O–H groups in total. The van der Waals surface area contributed by atoms with Crippen LogP contribution in [-0.4, -0.2) is 208 Å². The minimum absolute atomic E-state index is 0.0762. The molecule has 0 radical (unpaired) electrons. The van der Waals surface area contributed by atoms with Gasteiger partial charge in [-0.1, -0.05) is 0 Å². The molecule has 5 heterocycles. The molecule has 0 aliphatic carbocycles. The van der Waals surface area contributed by atoms with Crippen molar-refractivity contribution in [3.63, 3.8) is 0 Å². The fourth-order valence-corrected chi connectivity index (χ4v) is 7.67. The average Bonchev–Trinajstić information content (AvgIpc) is 3.25. The molecule has 3 aromatic rings. The van der Waals surface area contributed by atoms with Crippen LogP contribution < -0.4 is 10.2 Å². The zero-order chi connectivity index (χ0) is 45.8. The Labute approximate surface area is 355 Å². The summed E-state index contributed by atoms with van der Waals surface area (Å²) in [6.07, 6.45) is -35.8. The van der Waals surface area contributed by atoms with Gasteiger partial charge in [-0.15, -0.1) is 0 Å². The van der Waals surface area contributed by atoms with Crippen LogP contribution in [0.2, 0.25) is 0 Å². The molecule has 4 aliphatic heterocycles. The van der Waals surface area contributed by atoms with Gasteiger partial charge in [0.05, 0.1) is 25.4 Å². The van der Waals surface area contributed by atoms with Crippen LogP contribution >= 0.6 is 0 Å². The molecule has 0 spiro atoms. The summed E-state index contributed by atoms with van der Waals surface area (Å²) >= 11 is 0. The SMILES string of the molecule is C[C@@H]1O[C@@H](OC[C@@H]2O[C@@H](O[C@@H]3[C@@H](O)[C@@H](CO)O[C@H](Oc4c(-c5ccc(O)cc5)oc5cc(O)cc(O)c5c4=O)[C@@H]3O[C@H]3O[C@@H](C)[C@H](O)[C@@H](O)[C@H]3O)[C@H](O)[C@H](O)[C@H]2O)[C@H](O)[C@H](O)[C@H]1O. The fraction of sp³-hybridized carbons (Fsp3) is 0.615. The smallest absolute Gasteiger partial charge is 0.239 e. The standard InChI is InChI=1S/C39H50O24/c1-11-21(44)26(49)29(52)36(56-11)55-10-19-23(46)28(51)31(54)38(60-19)61-33-24(47)18(9-40)59-39(35(33)63-37-30(53)27(50)22(45)12(2)57-37)62-34-25(48)20-16(43)7-15(42)8-17(20)58-32(34)13-3-5-14(41)6-4-13/h3-8,11-12,18-19,21-24,26-31,33,35-47,49-54H,9-10H2,1-2H3/t11-,12-,18+,19-,21-,22-,23-,24-,26+,27+,28+,29+,30+,31+,33+,35+,36+,37+,38-,39+/m0/s1. The molecule has 0 amide bonds. The highest BCUT2D eigenvalue weighted by Gasteiger charge is 2.55. The lowest BCUT2D eigenvalue weighted by molar-refractivity contribution is -0.385. The summed E-state index contributed by atoms with van der Waals surface area (Å²) in [4.78, 5) is 14.3. The zero-order valence-corrected chi connectivity index (χ0v) is 33.3. The average molecular weight is 903 g/mol. The number of aliphatic hydroxyl groups is 11. The molecule has 20 atom stereocenters. The van der Waals surface area contributed by atoms with E-state index >= 15 is 0 Å². The highest BCUT2D eigenvalue weighted by atomic mass is 16.8. The maximum absolute atomic E-state index is 14.3. The summed E-state index contributed by atoms with van der Waals surface area (Å²) in [7, 11) is 0. The lowest BCUT2D eigenvalue weighted by atomic mass is 9.96. The highest BCUT2D eigenvalue weighted by Crippen LogP contribution is 2.40. The fourth-order valence-electron chi connectivity index (χ4n) is 7.67. The molecule has 7 rings (SSSR count). The topological polar surface area (TPSA) is 387 Å². The van der Waals surface area contributed by atoms with Crippen LogP contribution in [0.15, 0.2) is 45.6 Å². The van der Waals surface area contributed by atoms with Crippen LogP contribution in [0.25, 0.3) is 22.3 Å². The molecule has 0 unspecified atom stereocenters. The Balaban J connectivity index is 1.26. The van der Waals surface area contributed by atoms with E-state index in [9.17, 15) is 76.3 Å². The van der Waals surface area contributed by atoms with Gasteiger partial charge in [-0.3, -0.25) is 4.79 Å². The van der Waals surface area contributed by atoms with Gasteiger partial charge in [0.25, 0.3) is 0 Å². The lowest BCUT2D eigenvalue weighted by Gasteiger charge is -2.49. The normalized spacial score (nSPS) is 41.1. The van der Waals surface area contributed by atoms with Gasteiger partial charge in [0, 0.05) is 17.7 Å². The largest absolute Gasteiger partial charge is 0.508 e. The number of phenolic OH excluding ortho intramolecular Hbond substituents is 3. The predicted molar refractivity (Wildman–Crippen MR) is 202 cm³/mol. The van der Waals surface area contributed by atoms with Gasteiger partial charge in [-0.05, 0) is 38.1 Å². The van der Waals surface area contributed by atoms with Crippen molar-refractivity contribution < 1.29 is 114 Å². The van der Waals surface area contributed by atoms with Crippen molar-refractivity contribution in [1.82, 2.24) is 0 Å². The van der Waals surface area contributed by atoms with Crippen LogP contribution in [0.1, 0.15) is 13.8 Å². The third-order valence-electron chi connectivity index (χ3n) is 11.4. The number of rotatable bonds is 11. The molecule has 4 fully saturated rings. The van der Waals surface area contributed by atoms with E-state index < -0.39 is 164 Å². The van der Waals surface area contributed by atoms with Crippen LogP contribution in [0.5, 0.6) is 23.0 Å². The molecule has 350 valence electrons. The maximum atomic E-state index is 14.3. The summed E-state index contributed by atoms with van der Waals surface area (Å²) in [5.74, 6) is -2.56. The Hall–Kier alpha value is -3.87. The lowest BCUT2D eigenvalue weighted by Crippen LogP contribution is -2.67. The first-order valence-electron chi connectivity index (χ1n) is 19.8. The molecule has 1 aromatic heterocycles. The second-order valence-corrected chi connectivity index (χ2v) is 15.7. The van der Waals surface area contributed by atoms with Gasteiger partial charge in [-0.2, -0.15) is 0 Å². The van der Waals surface area contributed by atoms with Crippen molar-refractivity contribution >= 4 is 11.0 Å². The van der Waals surface area contributed by atoms with Crippen molar-refractivity contribution in [1.29, 1.82) is 0 Å². The van der Waals surface area contributed by atoms with Crippen LogP contribution in [-0.2, 0) is 33.2 Å². The number of hydrogen-bond acceptors (Lipinski definition) is 24. The molecule has 24 heteroatoms. The van der Waals surface area contributed by atoms with E-state index in [1.165, 1.54) is 38.1 Å². The predicted octanol–water partition coefficient (Wildman–Crippen LogP) is -4.72. The number of ether oxygens (including phenoxy) is 8. The quantitative estimate of drug-likeness (QED) is 0.0859. The number of phenols is 3. The second-order valence-electron chi connectivity index (χ2n) is 15.7. The zero-order valence-electron chi connectivity index (χ0n) is 33.3. The van der Waals surface area contributed by atoms with Gasteiger partial charge in [0.2, 0.25) is 17.5 Å². The van der Waals surface area contributed by atoms with E-state index in [4.69, 9.17) is 42.3 Å². The third-order valence-corrected chi connectivity index (χ3v) is 11.4. The Morgan fingerprint density at radius 1 is 0.571 bits per heavy atom. The van der Waals surface area contributed by atoms with Crippen molar-refractivity contribution in [3.8, 4) is 34.3 Å². The molecule has 2 aromatic carbocycles. The van der Waals surface area contributed by atoms with Gasteiger partial charge < -0.3 is 114 Å². The first-order chi connectivity index (χ1) is 29.8. The minimum Gasteiger partial charge on any atom is -0.508 e. The molecular weight excluding hydrogens is 852 g/mol. The Morgan fingerprint density at radius 3 is 1.73 bits per heavy atom.